The number of carboxylic acid groups (broad SMARTS) is 1. The number of aromatic amines is 1. The molecule has 2 aromatic rings. The van der Waals surface area contributed by atoms with E-state index < -0.39 is 5.97 Å². The van der Waals surface area contributed by atoms with E-state index in [2.05, 4.69) is 30.1 Å². The number of fused-ring (bicyclic) bond motifs is 3. The van der Waals surface area contributed by atoms with Gasteiger partial charge < -0.3 is 10.1 Å². The van der Waals surface area contributed by atoms with Crippen LogP contribution in [0.5, 0.6) is 0 Å². The normalized spacial score (nSPS) is 18.8. The van der Waals surface area contributed by atoms with Crippen LogP contribution in [0.4, 0.5) is 0 Å². The monoisotopic (exact) mass is 243 g/mol. The Bertz CT molecular complexity index is 612. The van der Waals surface area contributed by atoms with Crippen molar-refractivity contribution in [2.24, 2.45) is 5.92 Å². The molecule has 1 aromatic carbocycles. The van der Waals surface area contributed by atoms with Crippen molar-refractivity contribution in [3.8, 4) is 0 Å². The lowest BCUT2D eigenvalue weighted by molar-refractivity contribution is -0.138. The van der Waals surface area contributed by atoms with Crippen LogP contribution in [-0.4, -0.2) is 16.1 Å². The van der Waals surface area contributed by atoms with Crippen molar-refractivity contribution < 1.29 is 9.90 Å². The predicted octanol–water partition coefficient (Wildman–Crippen LogP) is 3.06. The van der Waals surface area contributed by atoms with Crippen LogP contribution in [0.2, 0.25) is 0 Å². The molecule has 1 aromatic heterocycles. The molecule has 18 heavy (non-hydrogen) atoms. The fourth-order valence-electron chi connectivity index (χ4n) is 3.02. The first-order valence-electron chi connectivity index (χ1n) is 6.45. The Labute approximate surface area is 106 Å². The smallest absolute Gasteiger partial charge is 0.303 e. The maximum Gasteiger partial charge on any atom is 0.303 e. The molecule has 94 valence electrons. The maximum absolute atomic E-state index is 10.8. The Morgan fingerprint density at radius 2 is 2.33 bits per heavy atom. The van der Waals surface area contributed by atoms with Gasteiger partial charge in [-0.1, -0.05) is 11.6 Å². The van der Waals surface area contributed by atoms with E-state index in [1.807, 2.05) is 0 Å². The van der Waals surface area contributed by atoms with Gasteiger partial charge in [-0.3, -0.25) is 4.79 Å². The Kier molecular flexibility index (Phi) is 2.62. The van der Waals surface area contributed by atoms with Crippen molar-refractivity contribution in [3.63, 3.8) is 0 Å². The summed E-state index contributed by atoms with van der Waals surface area (Å²) in [6.07, 6.45) is 3.13. The summed E-state index contributed by atoms with van der Waals surface area (Å²) in [5.41, 5.74) is 5.08. The predicted molar refractivity (Wildman–Crippen MR) is 70.8 cm³/mol. The minimum absolute atomic E-state index is 0.287. The average Bonchev–Trinajstić information content (AvgIpc) is 2.66. The van der Waals surface area contributed by atoms with Crippen molar-refractivity contribution in [2.45, 2.75) is 32.6 Å². The largest absolute Gasteiger partial charge is 0.481 e. The summed E-state index contributed by atoms with van der Waals surface area (Å²) < 4.78 is 0. The third kappa shape index (κ3) is 1.90. The summed E-state index contributed by atoms with van der Waals surface area (Å²) in [7, 11) is 0. The molecule has 0 radical (unpaired) electrons. The van der Waals surface area contributed by atoms with Crippen LogP contribution in [0.1, 0.15) is 29.7 Å². The molecule has 1 heterocycles. The number of benzene rings is 1. The first-order chi connectivity index (χ1) is 8.63. The molecule has 2 N–H and O–H groups in total. The van der Waals surface area contributed by atoms with E-state index >= 15 is 0 Å². The zero-order chi connectivity index (χ0) is 12.7. The molecule has 0 bridgehead atoms. The molecule has 0 fully saturated rings. The van der Waals surface area contributed by atoms with Crippen LogP contribution in [0, 0.1) is 12.8 Å². The number of hydrogen-bond donors (Lipinski definition) is 2. The standard InChI is InChI=1S/C15H17NO2/c1-9-2-4-13-11(6-9)12-7-10(8-15(17)18)3-5-14(12)16-13/h2,4,6,10,16H,3,5,7-8H2,1H3,(H,17,18). The van der Waals surface area contributed by atoms with Crippen molar-refractivity contribution in [1.29, 1.82) is 0 Å². The summed E-state index contributed by atoms with van der Waals surface area (Å²) in [6.45, 7) is 2.09. The zero-order valence-electron chi connectivity index (χ0n) is 10.5. The Balaban J connectivity index is 2.00. The lowest BCUT2D eigenvalue weighted by Gasteiger charge is -2.20. The van der Waals surface area contributed by atoms with Crippen molar-refractivity contribution in [3.05, 3.63) is 35.0 Å². The Morgan fingerprint density at radius 1 is 1.50 bits per heavy atom. The second-order valence-electron chi connectivity index (χ2n) is 5.34. The second-order valence-corrected chi connectivity index (χ2v) is 5.34. The van der Waals surface area contributed by atoms with Crippen molar-refractivity contribution in [1.82, 2.24) is 4.98 Å². The summed E-state index contributed by atoms with van der Waals surface area (Å²) >= 11 is 0. The quantitative estimate of drug-likeness (QED) is 0.851. The van der Waals surface area contributed by atoms with E-state index in [4.69, 9.17) is 5.11 Å². The van der Waals surface area contributed by atoms with Crippen LogP contribution in [0.25, 0.3) is 10.9 Å². The van der Waals surface area contributed by atoms with Gasteiger partial charge >= 0.3 is 5.97 Å². The lowest BCUT2D eigenvalue weighted by atomic mass is 9.84. The SMILES string of the molecule is Cc1ccc2[nH]c3c(c2c1)CC(CC(=O)O)CC3. The van der Waals surface area contributed by atoms with Gasteiger partial charge in [-0.05, 0) is 49.8 Å². The molecule has 0 amide bonds. The van der Waals surface area contributed by atoms with Crippen LogP contribution in [0.15, 0.2) is 18.2 Å². The Morgan fingerprint density at radius 3 is 3.11 bits per heavy atom. The van der Waals surface area contributed by atoms with E-state index in [-0.39, 0.29) is 12.3 Å². The maximum atomic E-state index is 10.8. The molecule has 0 aliphatic heterocycles. The van der Waals surface area contributed by atoms with Gasteiger partial charge in [0.2, 0.25) is 0 Å². The van der Waals surface area contributed by atoms with Crippen molar-refractivity contribution >= 4 is 16.9 Å². The summed E-state index contributed by atoms with van der Waals surface area (Å²) in [5, 5.41) is 10.2. The highest BCUT2D eigenvalue weighted by molar-refractivity contribution is 5.85. The number of aryl methyl sites for hydroxylation is 2. The van der Waals surface area contributed by atoms with E-state index in [9.17, 15) is 4.79 Å². The van der Waals surface area contributed by atoms with Gasteiger partial charge in [0.05, 0.1) is 0 Å². The fraction of sp³-hybridized carbons (Fsp3) is 0.400. The highest BCUT2D eigenvalue weighted by Gasteiger charge is 2.24. The highest BCUT2D eigenvalue weighted by atomic mass is 16.4. The van der Waals surface area contributed by atoms with Crippen LogP contribution >= 0.6 is 0 Å². The van der Waals surface area contributed by atoms with Crippen LogP contribution in [0.3, 0.4) is 0 Å². The third-order valence-electron chi connectivity index (χ3n) is 3.91. The molecule has 1 atom stereocenters. The van der Waals surface area contributed by atoms with Gasteiger partial charge in [0.15, 0.2) is 0 Å². The number of carbonyl (C=O) groups is 1. The number of nitrogens with one attached hydrogen (secondary N) is 1. The second kappa shape index (κ2) is 4.16. The number of hydrogen-bond acceptors (Lipinski definition) is 1. The minimum Gasteiger partial charge on any atom is -0.481 e. The number of rotatable bonds is 2. The van der Waals surface area contributed by atoms with Gasteiger partial charge in [0.25, 0.3) is 0 Å². The molecule has 0 saturated heterocycles. The van der Waals surface area contributed by atoms with E-state index in [1.165, 1.54) is 27.7 Å². The molecule has 1 aliphatic rings. The highest BCUT2D eigenvalue weighted by Crippen LogP contribution is 2.33. The summed E-state index contributed by atoms with van der Waals surface area (Å²) in [6, 6.07) is 6.43. The average molecular weight is 243 g/mol. The van der Waals surface area contributed by atoms with Crippen LogP contribution in [-0.2, 0) is 17.6 Å². The minimum atomic E-state index is -0.681. The van der Waals surface area contributed by atoms with Gasteiger partial charge in [-0.15, -0.1) is 0 Å². The Hall–Kier alpha value is -1.77. The van der Waals surface area contributed by atoms with Gasteiger partial charge in [0, 0.05) is 23.0 Å². The van der Waals surface area contributed by atoms with E-state index in [1.54, 1.807) is 0 Å². The molecule has 0 spiro atoms. The lowest BCUT2D eigenvalue weighted by Crippen LogP contribution is -2.16. The first-order valence-corrected chi connectivity index (χ1v) is 6.45. The molecule has 3 nitrogen and oxygen atoms in total. The summed E-state index contributed by atoms with van der Waals surface area (Å²) in [4.78, 5) is 14.3. The number of carboxylic acids is 1. The van der Waals surface area contributed by atoms with Gasteiger partial charge in [-0.2, -0.15) is 0 Å². The topological polar surface area (TPSA) is 53.1 Å². The third-order valence-corrected chi connectivity index (χ3v) is 3.91. The summed E-state index contributed by atoms with van der Waals surface area (Å²) in [5.74, 6) is -0.394. The number of H-pyrrole nitrogens is 1. The molecular weight excluding hydrogens is 226 g/mol. The van der Waals surface area contributed by atoms with Crippen LogP contribution < -0.4 is 0 Å². The number of aliphatic carboxylic acids is 1. The van der Waals surface area contributed by atoms with Gasteiger partial charge in [0.1, 0.15) is 0 Å². The number of aromatic nitrogens is 1. The molecule has 1 aliphatic carbocycles. The van der Waals surface area contributed by atoms with E-state index in [0.717, 1.165) is 19.3 Å². The molecule has 0 saturated carbocycles. The molecular formula is C15H17NO2. The fourth-order valence-corrected chi connectivity index (χ4v) is 3.02. The molecule has 1 unspecified atom stereocenters. The first kappa shape index (κ1) is 11.3. The zero-order valence-corrected chi connectivity index (χ0v) is 10.5. The van der Waals surface area contributed by atoms with E-state index in [0.29, 0.717) is 0 Å². The molecule has 3 rings (SSSR count). The van der Waals surface area contributed by atoms with Gasteiger partial charge in [-0.25, -0.2) is 0 Å². The molecule has 3 heteroatoms. The van der Waals surface area contributed by atoms with Crippen molar-refractivity contribution in [2.75, 3.05) is 0 Å².